The van der Waals surface area contributed by atoms with Gasteiger partial charge in [-0.1, -0.05) is 19.9 Å². The Morgan fingerprint density at radius 2 is 1.89 bits per heavy atom. The Morgan fingerprint density at radius 1 is 1.09 bits per heavy atom. The molecule has 35 heavy (non-hydrogen) atoms. The summed E-state index contributed by atoms with van der Waals surface area (Å²) in [5, 5.41) is 8.92. The lowest BCUT2D eigenvalue weighted by atomic mass is 9.66. The highest BCUT2D eigenvalue weighted by atomic mass is 32.2. The first-order valence-electron chi connectivity index (χ1n) is 11.5. The van der Waals surface area contributed by atoms with Crippen molar-refractivity contribution >= 4 is 11.8 Å². The molecule has 0 unspecified atom stereocenters. The highest BCUT2D eigenvalue weighted by Gasteiger charge is 2.65. The molecule has 9 heteroatoms. The van der Waals surface area contributed by atoms with Gasteiger partial charge in [0, 0.05) is 12.4 Å². The van der Waals surface area contributed by atoms with Gasteiger partial charge in [0.1, 0.15) is 17.3 Å². The molecule has 0 aliphatic heterocycles. The van der Waals surface area contributed by atoms with Gasteiger partial charge >= 0.3 is 0 Å². The summed E-state index contributed by atoms with van der Waals surface area (Å²) in [5.41, 5.74) is 2.86. The second kappa shape index (κ2) is 7.91. The summed E-state index contributed by atoms with van der Waals surface area (Å²) in [6, 6.07) is 7.62. The van der Waals surface area contributed by atoms with E-state index in [2.05, 4.69) is 34.0 Å². The highest BCUT2D eigenvalue weighted by molar-refractivity contribution is 7.97. The van der Waals surface area contributed by atoms with Gasteiger partial charge in [0.25, 0.3) is 0 Å². The summed E-state index contributed by atoms with van der Waals surface area (Å²) in [6.45, 7) is 4.45. The zero-order chi connectivity index (χ0) is 24.4. The van der Waals surface area contributed by atoms with Gasteiger partial charge in [-0.2, -0.15) is 5.10 Å². The summed E-state index contributed by atoms with van der Waals surface area (Å²) < 4.78 is 31.0. The molecule has 2 aliphatic carbocycles. The Morgan fingerprint density at radius 3 is 2.66 bits per heavy atom. The van der Waals surface area contributed by atoms with Crippen LogP contribution in [0.3, 0.4) is 0 Å². The first kappa shape index (κ1) is 22.3. The first-order valence-corrected chi connectivity index (χ1v) is 12.9. The number of imidazole rings is 1. The Hall–Kier alpha value is -3.20. The molecule has 6 rings (SSSR count). The highest BCUT2D eigenvalue weighted by Crippen LogP contribution is 2.69. The van der Waals surface area contributed by atoms with E-state index in [9.17, 15) is 8.78 Å². The average Bonchev–Trinajstić information content (AvgIpc) is 3.47. The smallest absolute Gasteiger partial charge is 0.179 e. The Kier molecular flexibility index (Phi) is 5.03. The third-order valence-electron chi connectivity index (χ3n) is 7.83. The maximum atomic E-state index is 14.5. The molecule has 0 N–H and O–H groups in total. The molecule has 1 fully saturated rings. The fourth-order valence-electron chi connectivity index (χ4n) is 6.17. The van der Waals surface area contributed by atoms with E-state index in [1.54, 1.807) is 24.3 Å². The number of fused-ring (bicyclic) bond motifs is 5. The van der Waals surface area contributed by atoms with Crippen LogP contribution in [0.5, 0.6) is 0 Å². The summed E-state index contributed by atoms with van der Waals surface area (Å²) in [4.78, 5) is 14.0. The topological polar surface area (TPSA) is 69.4 Å². The molecule has 1 saturated carbocycles. The van der Waals surface area contributed by atoms with Gasteiger partial charge in [-0.15, -0.1) is 16.9 Å². The summed E-state index contributed by atoms with van der Waals surface area (Å²) in [7, 11) is 0. The Balaban J connectivity index is 1.48. The van der Waals surface area contributed by atoms with Gasteiger partial charge in [-0.3, -0.25) is 0 Å². The molecule has 6 nitrogen and oxygen atoms in total. The predicted molar refractivity (Wildman–Crippen MR) is 131 cm³/mol. The van der Waals surface area contributed by atoms with Crippen LogP contribution in [0, 0.1) is 17.0 Å². The number of hydrogen-bond donors (Lipinski definition) is 0. The molecule has 178 valence electrons. The number of aromatic nitrogens is 6. The van der Waals surface area contributed by atoms with Gasteiger partial charge < -0.3 is 4.57 Å². The summed E-state index contributed by atoms with van der Waals surface area (Å²) in [5.74, 6) is 0.276. The van der Waals surface area contributed by atoms with E-state index in [1.807, 2.05) is 29.2 Å². The second-order valence-corrected chi connectivity index (χ2v) is 10.6. The monoisotopic (exact) mass is 490 g/mol. The van der Waals surface area contributed by atoms with E-state index < -0.39 is 17.0 Å². The van der Waals surface area contributed by atoms with E-state index in [-0.39, 0.29) is 22.6 Å². The SMILES string of the molecule is CSCn1cnc(-c2nccc([C@]34CC[C@@H](c5cc(-c6c(F)cccc6F)nnc53)C4(C)C)n2)c1. The van der Waals surface area contributed by atoms with Gasteiger partial charge in [-0.25, -0.2) is 23.7 Å². The molecule has 0 saturated heterocycles. The lowest BCUT2D eigenvalue weighted by Gasteiger charge is -2.37. The van der Waals surface area contributed by atoms with Crippen LogP contribution in [-0.4, -0.2) is 36.0 Å². The Labute approximate surface area is 206 Å². The third-order valence-corrected chi connectivity index (χ3v) is 8.39. The van der Waals surface area contributed by atoms with Gasteiger partial charge in [0.05, 0.1) is 40.3 Å². The largest absolute Gasteiger partial charge is 0.327 e. The van der Waals surface area contributed by atoms with Crippen molar-refractivity contribution in [3.05, 3.63) is 77.6 Å². The molecule has 0 amide bonds. The number of rotatable bonds is 5. The number of hydrogen-bond acceptors (Lipinski definition) is 6. The van der Waals surface area contributed by atoms with Crippen LogP contribution in [0.25, 0.3) is 22.8 Å². The minimum Gasteiger partial charge on any atom is -0.327 e. The normalized spacial score (nSPS) is 21.9. The van der Waals surface area contributed by atoms with Crippen LogP contribution in [0.15, 0.2) is 49.1 Å². The molecule has 1 aromatic carbocycles. The van der Waals surface area contributed by atoms with Crippen molar-refractivity contribution in [3.63, 3.8) is 0 Å². The number of thioether (sulfide) groups is 1. The van der Waals surface area contributed by atoms with E-state index >= 15 is 0 Å². The molecule has 4 aromatic rings. The second-order valence-electron chi connectivity index (χ2n) is 9.80. The first-order chi connectivity index (χ1) is 16.9. The standard InChI is InChI=1S/C26H24F2N6S/c1-25(2)16-7-9-26(25,21-8-10-29-24(31-21)20-12-34(13-30-20)14-35-3)23-15(16)11-19(32-33-23)22-17(27)5-4-6-18(22)28/h4-6,8,10-13,16H,7,9,14H2,1-3H3/t16-,26+/m0/s1. The molecule has 0 radical (unpaired) electrons. The van der Waals surface area contributed by atoms with Crippen LogP contribution >= 0.6 is 11.8 Å². The van der Waals surface area contributed by atoms with Crippen LogP contribution < -0.4 is 0 Å². The quantitative estimate of drug-likeness (QED) is 0.363. The van der Waals surface area contributed by atoms with Crippen molar-refractivity contribution in [1.29, 1.82) is 0 Å². The minimum absolute atomic E-state index is 0.136. The molecular weight excluding hydrogens is 466 g/mol. The van der Waals surface area contributed by atoms with Crippen LogP contribution in [0.2, 0.25) is 0 Å². The molecule has 3 heterocycles. The molecule has 3 aromatic heterocycles. The number of nitrogens with zero attached hydrogens (tertiary/aromatic N) is 6. The average molecular weight is 491 g/mol. The number of halogens is 2. The van der Waals surface area contributed by atoms with Crippen LogP contribution in [0.1, 0.15) is 49.6 Å². The fraction of sp³-hybridized carbons (Fsp3) is 0.346. The van der Waals surface area contributed by atoms with Crippen molar-refractivity contribution in [2.75, 3.05) is 6.26 Å². The predicted octanol–water partition coefficient (Wildman–Crippen LogP) is 5.60. The zero-order valence-electron chi connectivity index (χ0n) is 19.7. The third kappa shape index (κ3) is 3.10. The van der Waals surface area contributed by atoms with Gasteiger partial charge in [-0.05, 0) is 60.3 Å². The molecule has 2 bridgehead atoms. The lowest BCUT2D eigenvalue weighted by Crippen LogP contribution is -2.38. The van der Waals surface area contributed by atoms with E-state index in [0.29, 0.717) is 5.82 Å². The zero-order valence-corrected chi connectivity index (χ0v) is 20.5. The fourth-order valence-corrected chi connectivity index (χ4v) is 6.61. The van der Waals surface area contributed by atoms with Crippen molar-refractivity contribution < 1.29 is 8.78 Å². The van der Waals surface area contributed by atoms with Crippen molar-refractivity contribution in [1.82, 2.24) is 29.7 Å². The van der Waals surface area contributed by atoms with Crippen LogP contribution in [-0.2, 0) is 11.3 Å². The Bertz CT molecular complexity index is 1430. The van der Waals surface area contributed by atoms with E-state index in [1.165, 1.54) is 18.2 Å². The van der Waals surface area contributed by atoms with Crippen molar-refractivity contribution in [3.8, 4) is 22.8 Å². The van der Waals surface area contributed by atoms with Gasteiger partial charge in [0.15, 0.2) is 5.82 Å². The molecule has 2 atom stereocenters. The maximum Gasteiger partial charge on any atom is 0.179 e. The van der Waals surface area contributed by atoms with E-state index in [0.717, 1.165) is 41.4 Å². The summed E-state index contributed by atoms with van der Waals surface area (Å²) in [6.07, 6.45) is 9.36. The minimum atomic E-state index is -0.641. The van der Waals surface area contributed by atoms with Crippen molar-refractivity contribution in [2.24, 2.45) is 5.41 Å². The van der Waals surface area contributed by atoms with E-state index in [4.69, 9.17) is 4.98 Å². The number of benzene rings is 1. The lowest BCUT2D eigenvalue weighted by molar-refractivity contribution is 0.243. The maximum absolute atomic E-state index is 14.5. The van der Waals surface area contributed by atoms with Gasteiger partial charge in [0.2, 0.25) is 0 Å². The molecular formula is C26H24F2N6S. The summed E-state index contributed by atoms with van der Waals surface area (Å²) >= 11 is 1.71. The molecule has 2 aliphatic rings. The van der Waals surface area contributed by atoms with Crippen molar-refractivity contribution in [2.45, 2.75) is 43.9 Å². The van der Waals surface area contributed by atoms with Crippen LogP contribution in [0.4, 0.5) is 8.78 Å². The molecule has 0 spiro atoms.